The fourth-order valence-electron chi connectivity index (χ4n) is 4.08. The van der Waals surface area contributed by atoms with Crippen molar-refractivity contribution in [2.24, 2.45) is 11.8 Å². The predicted octanol–water partition coefficient (Wildman–Crippen LogP) is 6.00. The van der Waals surface area contributed by atoms with Crippen LogP contribution in [0.25, 0.3) is 6.08 Å². The van der Waals surface area contributed by atoms with Crippen LogP contribution in [0, 0.1) is 18.8 Å². The zero-order valence-electron chi connectivity index (χ0n) is 21.0. The van der Waals surface area contributed by atoms with Crippen LogP contribution in [0.2, 0.25) is 0 Å². The van der Waals surface area contributed by atoms with Crippen LogP contribution < -0.4 is 0 Å². The van der Waals surface area contributed by atoms with Gasteiger partial charge in [-0.05, 0) is 71.4 Å². The number of aliphatic hydroxyl groups excluding tert-OH is 1. The van der Waals surface area contributed by atoms with Gasteiger partial charge in [0.2, 0.25) is 0 Å². The van der Waals surface area contributed by atoms with E-state index in [2.05, 4.69) is 18.0 Å². The first-order valence-electron chi connectivity index (χ1n) is 11.7. The number of hydrogen-bond acceptors (Lipinski definition) is 7. The lowest BCUT2D eigenvalue weighted by Gasteiger charge is -2.31. The van der Waals surface area contributed by atoms with E-state index in [-0.39, 0.29) is 29.5 Å². The number of aromatic nitrogens is 1. The number of hydrogen-bond donors (Lipinski definition) is 1. The zero-order chi connectivity index (χ0) is 24.8. The summed E-state index contributed by atoms with van der Waals surface area (Å²) in [6.45, 7) is 13.5. The van der Waals surface area contributed by atoms with Crippen molar-refractivity contribution >= 4 is 40.9 Å². The molecule has 1 aromatic heterocycles. The summed E-state index contributed by atoms with van der Waals surface area (Å²) in [4.78, 5) is 30.3. The second-order valence-electron chi connectivity index (χ2n) is 9.76. The number of ketones is 1. The molecule has 0 amide bonds. The number of thioether (sulfide) groups is 1. The van der Waals surface area contributed by atoms with Crippen LogP contribution in [0.15, 0.2) is 22.6 Å². The summed E-state index contributed by atoms with van der Waals surface area (Å²) < 4.78 is 5.09. The number of aliphatic hydroxyl groups is 1. The van der Waals surface area contributed by atoms with Gasteiger partial charge in [-0.1, -0.05) is 25.5 Å². The Balaban J connectivity index is 2.27. The highest BCUT2D eigenvalue weighted by Gasteiger charge is 2.37. The van der Waals surface area contributed by atoms with E-state index < -0.39 is 16.8 Å². The Kier molecular flexibility index (Phi) is 10.4. The van der Waals surface area contributed by atoms with Crippen LogP contribution in [-0.2, 0) is 14.3 Å². The number of carbonyl (C=O) groups excluding carboxylic acids is 2. The molecule has 1 unspecified atom stereocenters. The van der Waals surface area contributed by atoms with Crippen molar-refractivity contribution in [2.45, 2.75) is 91.1 Å². The molecule has 0 saturated carbocycles. The molecular weight excluding hydrogens is 454 g/mol. The molecule has 0 bridgehead atoms. The molecule has 1 aliphatic heterocycles. The Morgan fingerprint density at radius 1 is 1.27 bits per heavy atom. The average Bonchev–Trinajstić information content (AvgIpc) is 3.17. The van der Waals surface area contributed by atoms with E-state index in [0.717, 1.165) is 35.5 Å². The molecular formula is C26H39NO4S2. The Morgan fingerprint density at radius 2 is 1.97 bits per heavy atom. The van der Waals surface area contributed by atoms with Crippen LogP contribution in [0.4, 0.5) is 0 Å². The molecule has 1 aliphatic rings. The van der Waals surface area contributed by atoms with Crippen LogP contribution in [-0.4, -0.2) is 44.6 Å². The molecule has 0 spiro atoms. The molecule has 0 aliphatic carbocycles. The maximum Gasteiger partial charge on any atom is 0.316 e. The van der Waals surface area contributed by atoms with Crippen LogP contribution in [0.1, 0.15) is 77.9 Å². The van der Waals surface area contributed by atoms with E-state index >= 15 is 0 Å². The normalized spacial score (nSPS) is 28.8. The molecule has 4 atom stereocenters. The lowest BCUT2D eigenvalue weighted by atomic mass is 9.83. The summed E-state index contributed by atoms with van der Waals surface area (Å²) in [6.07, 6.45) is 6.39. The second kappa shape index (κ2) is 12.3. The van der Waals surface area contributed by atoms with E-state index in [0.29, 0.717) is 6.42 Å². The number of cyclic esters (lactones) is 1. The molecule has 0 radical (unpaired) electrons. The molecule has 33 heavy (non-hydrogen) atoms. The average molecular weight is 494 g/mol. The van der Waals surface area contributed by atoms with Gasteiger partial charge in [0.05, 0.1) is 27.3 Å². The fraction of sp³-hybridized carbons (Fsp3) is 0.654. The molecule has 5 nitrogen and oxygen atoms in total. The number of thiazole rings is 1. The molecule has 184 valence electrons. The van der Waals surface area contributed by atoms with Gasteiger partial charge in [-0.15, -0.1) is 23.1 Å². The van der Waals surface area contributed by atoms with E-state index in [1.54, 1.807) is 18.3 Å². The Bertz CT molecular complexity index is 887. The number of nitrogens with zero attached hydrogens (tertiary/aromatic N) is 1. The van der Waals surface area contributed by atoms with E-state index in [1.165, 1.54) is 17.3 Å². The largest absolute Gasteiger partial charge is 0.457 e. The highest BCUT2D eigenvalue weighted by Crippen LogP contribution is 2.32. The summed E-state index contributed by atoms with van der Waals surface area (Å²) in [5, 5.41) is 13.7. The standard InChI is InChI=1S/C26H39NO4S2/c1-16-9-8-10-17(2)24(29)19(4)25(30)26(6,7)33-15-23(28)31-22(12-11-16)18(3)13-21-14-32-20(5)27-21/h11,13-14,17,19,22,24,29H,8-10,12,15H2,1-7H3/t17-,19+,22?,24+/m0/s1. The molecule has 1 N–H and O–H groups in total. The van der Waals surface area contributed by atoms with Crippen molar-refractivity contribution < 1.29 is 19.4 Å². The van der Waals surface area contributed by atoms with Gasteiger partial charge < -0.3 is 9.84 Å². The number of aryl methyl sites for hydroxylation is 1. The zero-order valence-corrected chi connectivity index (χ0v) is 22.6. The smallest absolute Gasteiger partial charge is 0.316 e. The number of ether oxygens (including phenoxy) is 1. The van der Waals surface area contributed by atoms with Crippen molar-refractivity contribution in [3.05, 3.63) is 33.3 Å². The number of allylic oxidation sites excluding steroid dienone is 1. The van der Waals surface area contributed by atoms with Gasteiger partial charge in [0.15, 0.2) is 5.78 Å². The quantitative estimate of drug-likeness (QED) is 0.402. The number of rotatable bonds is 2. The predicted molar refractivity (Wildman–Crippen MR) is 138 cm³/mol. The summed E-state index contributed by atoms with van der Waals surface area (Å²) in [5.41, 5.74) is 3.06. The van der Waals surface area contributed by atoms with Crippen molar-refractivity contribution in [1.82, 2.24) is 4.98 Å². The van der Waals surface area contributed by atoms with Gasteiger partial charge in [0.1, 0.15) is 6.10 Å². The third-order valence-electron chi connectivity index (χ3n) is 6.36. The molecule has 7 heteroatoms. The van der Waals surface area contributed by atoms with Gasteiger partial charge in [0.25, 0.3) is 0 Å². The lowest BCUT2D eigenvalue weighted by molar-refractivity contribution is -0.143. The highest BCUT2D eigenvalue weighted by atomic mass is 32.2. The van der Waals surface area contributed by atoms with Crippen molar-refractivity contribution in [2.75, 3.05) is 5.75 Å². The summed E-state index contributed by atoms with van der Waals surface area (Å²) >= 11 is 2.87. The van der Waals surface area contributed by atoms with Gasteiger partial charge in [0, 0.05) is 17.7 Å². The third kappa shape index (κ3) is 8.37. The van der Waals surface area contributed by atoms with Crippen molar-refractivity contribution in [1.29, 1.82) is 0 Å². The third-order valence-corrected chi connectivity index (χ3v) is 8.45. The van der Waals surface area contributed by atoms with Crippen LogP contribution >= 0.6 is 23.1 Å². The summed E-state index contributed by atoms with van der Waals surface area (Å²) in [5.74, 6) is -0.737. The minimum Gasteiger partial charge on any atom is -0.457 e. The maximum atomic E-state index is 13.1. The SMILES string of the molecule is CC1=CCC(C(C)=Cc2csc(C)n2)OC(=O)CSC(C)(C)C(=O)[C@H](C)[C@H](O)[C@@H](C)CCC1. The topological polar surface area (TPSA) is 76.5 Å². The van der Waals surface area contributed by atoms with Crippen molar-refractivity contribution in [3.8, 4) is 0 Å². The van der Waals surface area contributed by atoms with E-state index in [1.807, 2.05) is 46.1 Å². The Hall–Kier alpha value is -1.44. The molecule has 0 saturated heterocycles. The fourth-order valence-corrected chi connectivity index (χ4v) is 5.53. The number of carbonyl (C=O) groups is 2. The Labute approximate surface area is 207 Å². The van der Waals surface area contributed by atoms with Crippen LogP contribution in [0.3, 0.4) is 0 Å². The van der Waals surface area contributed by atoms with Crippen molar-refractivity contribution in [3.63, 3.8) is 0 Å². The minimum atomic E-state index is -0.787. The van der Waals surface area contributed by atoms with Gasteiger partial charge >= 0.3 is 5.97 Å². The number of Topliss-reactive ketones (excluding diaryl/α,β-unsaturated/α-hetero) is 1. The summed E-state index contributed by atoms with van der Waals surface area (Å²) in [6, 6.07) is 0. The molecule has 2 heterocycles. The monoisotopic (exact) mass is 493 g/mol. The lowest BCUT2D eigenvalue weighted by Crippen LogP contribution is -2.41. The van der Waals surface area contributed by atoms with Gasteiger partial charge in [-0.2, -0.15) is 0 Å². The first-order chi connectivity index (χ1) is 15.4. The molecule has 0 aromatic carbocycles. The summed E-state index contributed by atoms with van der Waals surface area (Å²) in [7, 11) is 0. The van der Waals surface area contributed by atoms with Gasteiger partial charge in [-0.3, -0.25) is 9.59 Å². The first kappa shape index (κ1) is 27.8. The van der Waals surface area contributed by atoms with Gasteiger partial charge in [-0.25, -0.2) is 4.98 Å². The second-order valence-corrected chi connectivity index (χ2v) is 12.4. The highest BCUT2D eigenvalue weighted by molar-refractivity contribution is 8.02. The molecule has 0 fully saturated rings. The minimum absolute atomic E-state index is 0.0330. The van der Waals surface area contributed by atoms with E-state index in [9.17, 15) is 14.7 Å². The maximum absolute atomic E-state index is 13.1. The molecule has 1 aromatic rings. The Morgan fingerprint density at radius 3 is 2.61 bits per heavy atom. The number of esters is 1. The first-order valence-corrected chi connectivity index (χ1v) is 13.6. The van der Waals surface area contributed by atoms with Crippen LogP contribution in [0.5, 0.6) is 0 Å². The van der Waals surface area contributed by atoms with E-state index in [4.69, 9.17) is 4.74 Å². The molecule has 2 rings (SSSR count).